The maximum Gasteiger partial charge on any atom is 0.322 e. The summed E-state index contributed by atoms with van der Waals surface area (Å²) in [6, 6.07) is 0.676. The molecule has 0 radical (unpaired) electrons. The molecule has 1 aromatic heterocycles. The number of aromatic nitrogens is 2. The fourth-order valence-corrected chi connectivity index (χ4v) is 2.15. The molecule has 0 spiro atoms. The third-order valence-electron chi connectivity index (χ3n) is 3.64. The average Bonchev–Trinajstić information content (AvgIpc) is 3.08. The molecule has 0 bridgehead atoms. The molecule has 1 aliphatic carbocycles. The molecule has 1 saturated carbocycles. The standard InChI is InChI=1S/C12H19N5O2/c1-2-17(9-5-13-6-9)7-10(18)14-12-16-15-11(19-12)8-3-4-8/h8-9,13H,2-7H2,1H3,(H,14,16,18). The number of likely N-dealkylation sites (N-methyl/N-ethyl adjacent to an activating group) is 1. The lowest BCUT2D eigenvalue weighted by Gasteiger charge is -2.36. The van der Waals surface area contributed by atoms with Gasteiger partial charge in [0, 0.05) is 25.0 Å². The Morgan fingerprint density at radius 2 is 2.26 bits per heavy atom. The fourth-order valence-electron chi connectivity index (χ4n) is 2.15. The summed E-state index contributed by atoms with van der Waals surface area (Å²) in [5.74, 6) is 0.955. The molecule has 7 heteroatoms. The molecule has 0 unspecified atom stereocenters. The van der Waals surface area contributed by atoms with E-state index in [-0.39, 0.29) is 11.9 Å². The minimum Gasteiger partial charge on any atom is -0.408 e. The second kappa shape index (κ2) is 5.26. The average molecular weight is 265 g/mol. The minimum absolute atomic E-state index is 0.0975. The van der Waals surface area contributed by atoms with Crippen molar-refractivity contribution in [1.29, 1.82) is 0 Å². The molecule has 2 fully saturated rings. The molecular formula is C12H19N5O2. The summed E-state index contributed by atoms with van der Waals surface area (Å²) in [4.78, 5) is 14.1. The smallest absolute Gasteiger partial charge is 0.322 e. The van der Waals surface area contributed by atoms with E-state index in [0.29, 0.717) is 24.4 Å². The van der Waals surface area contributed by atoms with Crippen molar-refractivity contribution in [3.63, 3.8) is 0 Å². The first-order valence-electron chi connectivity index (χ1n) is 6.84. The van der Waals surface area contributed by atoms with Gasteiger partial charge in [-0.1, -0.05) is 12.0 Å². The molecule has 3 rings (SSSR count). The van der Waals surface area contributed by atoms with Gasteiger partial charge in [-0.25, -0.2) is 0 Å². The fraction of sp³-hybridized carbons (Fsp3) is 0.750. The van der Waals surface area contributed by atoms with Crippen LogP contribution in [0, 0.1) is 0 Å². The summed E-state index contributed by atoms with van der Waals surface area (Å²) in [5, 5.41) is 13.7. The van der Waals surface area contributed by atoms with Crippen molar-refractivity contribution < 1.29 is 9.21 Å². The van der Waals surface area contributed by atoms with E-state index in [4.69, 9.17) is 4.42 Å². The molecule has 1 aromatic rings. The number of hydrogen-bond donors (Lipinski definition) is 2. The molecule has 1 saturated heterocycles. The van der Waals surface area contributed by atoms with E-state index in [9.17, 15) is 4.79 Å². The number of anilines is 1. The lowest BCUT2D eigenvalue weighted by atomic mass is 10.1. The van der Waals surface area contributed by atoms with Crippen molar-refractivity contribution in [2.24, 2.45) is 0 Å². The molecule has 0 aromatic carbocycles. The van der Waals surface area contributed by atoms with Gasteiger partial charge < -0.3 is 9.73 Å². The number of amides is 1. The predicted molar refractivity (Wildman–Crippen MR) is 68.8 cm³/mol. The van der Waals surface area contributed by atoms with Crippen LogP contribution in [0.4, 0.5) is 6.01 Å². The Hall–Kier alpha value is -1.47. The van der Waals surface area contributed by atoms with Crippen LogP contribution in [0.15, 0.2) is 4.42 Å². The van der Waals surface area contributed by atoms with Gasteiger partial charge in [0.25, 0.3) is 0 Å². The van der Waals surface area contributed by atoms with Gasteiger partial charge in [0.2, 0.25) is 11.8 Å². The van der Waals surface area contributed by atoms with Crippen molar-refractivity contribution in [3.05, 3.63) is 5.89 Å². The summed E-state index contributed by atoms with van der Waals surface area (Å²) in [5.41, 5.74) is 0. The maximum atomic E-state index is 11.9. The van der Waals surface area contributed by atoms with Gasteiger partial charge in [0.15, 0.2) is 0 Å². The number of carbonyl (C=O) groups excluding carboxylic acids is 1. The molecule has 1 aliphatic heterocycles. The van der Waals surface area contributed by atoms with Crippen molar-refractivity contribution in [1.82, 2.24) is 20.4 Å². The summed E-state index contributed by atoms with van der Waals surface area (Å²) < 4.78 is 5.41. The van der Waals surface area contributed by atoms with Crippen LogP contribution < -0.4 is 10.6 Å². The summed E-state index contributed by atoms with van der Waals surface area (Å²) in [6.07, 6.45) is 2.21. The molecular weight excluding hydrogens is 246 g/mol. The third kappa shape index (κ3) is 2.93. The lowest BCUT2D eigenvalue weighted by Crippen LogP contribution is -2.58. The van der Waals surface area contributed by atoms with Crippen molar-refractivity contribution >= 4 is 11.9 Å². The Bertz CT molecular complexity index is 453. The topological polar surface area (TPSA) is 83.3 Å². The van der Waals surface area contributed by atoms with Crippen LogP contribution in [0.5, 0.6) is 0 Å². The van der Waals surface area contributed by atoms with Crippen molar-refractivity contribution in [3.8, 4) is 0 Å². The molecule has 2 aliphatic rings. The Kier molecular flexibility index (Phi) is 3.48. The van der Waals surface area contributed by atoms with Gasteiger partial charge in [-0.15, -0.1) is 5.10 Å². The summed E-state index contributed by atoms with van der Waals surface area (Å²) in [6.45, 7) is 5.19. The van der Waals surface area contributed by atoms with E-state index >= 15 is 0 Å². The first-order chi connectivity index (χ1) is 9.26. The molecule has 19 heavy (non-hydrogen) atoms. The normalized spacial score (nSPS) is 19.5. The largest absolute Gasteiger partial charge is 0.408 e. The number of rotatable bonds is 6. The van der Waals surface area contributed by atoms with E-state index in [1.165, 1.54) is 0 Å². The number of nitrogens with one attached hydrogen (secondary N) is 2. The van der Waals surface area contributed by atoms with Crippen LogP contribution in [0.3, 0.4) is 0 Å². The number of carbonyl (C=O) groups is 1. The maximum absolute atomic E-state index is 11.9. The number of nitrogens with zero attached hydrogens (tertiary/aromatic N) is 3. The lowest BCUT2D eigenvalue weighted by molar-refractivity contribution is -0.118. The molecule has 2 heterocycles. The molecule has 7 nitrogen and oxygen atoms in total. The first kappa shape index (κ1) is 12.6. The SMILES string of the molecule is CCN(CC(=O)Nc1nnc(C2CC2)o1)C1CNC1. The summed E-state index contributed by atoms with van der Waals surface area (Å²) in [7, 11) is 0. The highest BCUT2D eigenvalue weighted by Gasteiger charge is 2.30. The first-order valence-corrected chi connectivity index (χ1v) is 6.84. The van der Waals surface area contributed by atoms with Crippen molar-refractivity contribution in [2.75, 3.05) is 31.5 Å². The predicted octanol–water partition coefficient (Wildman–Crippen LogP) is 0.179. The van der Waals surface area contributed by atoms with E-state index in [0.717, 1.165) is 32.5 Å². The van der Waals surface area contributed by atoms with Crippen molar-refractivity contribution in [2.45, 2.75) is 31.7 Å². The zero-order valence-electron chi connectivity index (χ0n) is 11.1. The molecule has 104 valence electrons. The van der Waals surface area contributed by atoms with Gasteiger partial charge in [-0.3, -0.25) is 15.0 Å². The van der Waals surface area contributed by atoms with Gasteiger partial charge >= 0.3 is 6.01 Å². The van der Waals surface area contributed by atoms with Gasteiger partial charge in [0.05, 0.1) is 6.54 Å². The Morgan fingerprint density at radius 3 is 2.84 bits per heavy atom. The second-order valence-corrected chi connectivity index (χ2v) is 5.14. The van der Waals surface area contributed by atoms with Crippen LogP contribution in [-0.2, 0) is 4.79 Å². The van der Waals surface area contributed by atoms with E-state index < -0.39 is 0 Å². The zero-order valence-corrected chi connectivity index (χ0v) is 11.1. The van der Waals surface area contributed by atoms with E-state index in [2.05, 4.69) is 32.7 Å². The Balaban J connectivity index is 1.51. The van der Waals surface area contributed by atoms with Crippen LogP contribution in [0.1, 0.15) is 31.6 Å². The van der Waals surface area contributed by atoms with Crippen LogP contribution in [0.2, 0.25) is 0 Å². The van der Waals surface area contributed by atoms with Crippen LogP contribution in [-0.4, -0.2) is 53.2 Å². The highest BCUT2D eigenvalue weighted by atomic mass is 16.4. The van der Waals surface area contributed by atoms with E-state index in [1.807, 2.05) is 0 Å². The van der Waals surface area contributed by atoms with Crippen LogP contribution in [0.25, 0.3) is 0 Å². The third-order valence-corrected chi connectivity index (χ3v) is 3.64. The monoisotopic (exact) mass is 265 g/mol. The highest BCUT2D eigenvalue weighted by molar-refractivity contribution is 5.90. The Morgan fingerprint density at radius 1 is 1.47 bits per heavy atom. The van der Waals surface area contributed by atoms with E-state index in [1.54, 1.807) is 0 Å². The van der Waals surface area contributed by atoms with Gasteiger partial charge in [0.1, 0.15) is 0 Å². The quantitative estimate of drug-likeness (QED) is 0.763. The van der Waals surface area contributed by atoms with Gasteiger partial charge in [-0.2, -0.15) is 0 Å². The summed E-state index contributed by atoms with van der Waals surface area (Å²) >= 11 is 0. The second-order valence-electron chi connectivity index (χ2n) is 5.14. The zero-order chi connectivity index (χ0) is 13.2. The molecule has 0 atom stereocenters. The van der Waals surface area contributed by atoms with Crippen LogP contribution >= 0.6 is 0 Å². The molecule has 1 amide bonds. The number of hydrogen-bond acceptors (Lipinski definition) is 6. The Labute approximate surface area is 111 Å². The minimum atomic E-state index is -0.0975. The van der Waals surface area contributed by atoms with Gasteiger partial charge in [-0.05, 0) is 19.4 Å². The highest BCUT2D eigenvalue weighted by Crippen LogP contribution is 2.39. The molecule has 2 N–H and O–H groups in total.